The Morgan fingerprint density at radius 2 is 1.87 bits per heavy atom. The average molecular weight is 422 g/mol. The molecule has 0 saturated heterocycles. The number of hydrogen-bond donors (Lipinski definition) is 3. The van der Waals surface area contributed by atoms with Crippen molar-refractivity contribution in [2.45, 2.75) is 38.2 Å². The van der Waals surface area contributed by atoms with Crippen molar-refractivity contribution < 1.29 is 9.84 Å². The van der Waals surface area contributed by atoms with Gasteiger partial charge in [-0.05, 0) is 62.6 Å². The minimum atomic E-state index is -0.835. The van der Waals surface area contributed by atoms with Gasteiger partial charge in [-0.3, -0.25) is 4.99 Å². The number of nitrogens with one attached hydrogen (secondary N) is 1. The summed E-state index contributed by atoms with van der Waals surface area (Å²) in [5.74, 6) is 2.23. The second-order valence-corrected chi connectivity index (χ2v) is 8.25. The van der Waals surface area contributed by atoms with E-state index in [1.165, 1.54) is 5.56 Å². The normalized spacial score (nSPS) is 19.5. The summed E-state index contributed by atoms with van der Waals surface area (Å²) in [5, 5.41) is 14.5. The van der Waals surface area contributed by atoms with E-state index in [0.717, 1.165) is 18.4 Å². The van der Waals surface area contributed by atoms with E-state index in [4.69, 9.17) is 10.5 Å². The van der Waals surface area contributed by atoms with Gasteiger partial charge in [-0.25, -0.2) is 4.99 Å². The van der Waals surface area contributed by atoms with Crippen molar-refractivity contribution in [2.24, 2.45) is 26.7 Å². The second-order valence-electron chi connectivity index (χ2n) is 8.25. The molecule has 7 nitrogen and oxygen atoms in total. The maximum absolute atomic E-state index is 10.1. The standard InChI is InChI=1S/C24H31N5O2/c1-24(2,30)18-11-9-15(10-12-18)16-13-17(14-16)23(29-27-4)28-22(25)19-7-6-8-20(31-5)21(19)26-3/h6-12,16-17,27,30H,3,13-14H2,1-2,4-5H3,(H2,25,28,29). The summed E-state index contributed by atoms with van der Waals surface area (Å²) < 4.78 is 5.35. The van der Waals surface area contributed by atoms with E-state index in [0.29, 0.717) is 34.6 Å². The molecule has 0 aromatic heterocycles. The van der Waals surface area contributed by atoms with Gasteiger partial charge < -0.3 is 21.0 Å². The van der Waals surface area contributed by atoms with Gasteiger partial charge in [-0.15, -0.1) is 0 Å². The van der Waals surface area contributed by atoms with E-state index in [2.05, 4.69) is 39.4 Å². The molecule has 1 aliphatic rings. The number of methoxy groups -OCH3 is 1. The highest BCUT2D eigenvalue weighted by Gasteiger charge is 2.34. The number of ether oxygens (including phenoxy) is 1. The fraction of sp³-hybridized carbons (Fsp3) is 0.375. The number of hydrogen-bond acceptors (Lipinski definition) is 5. The topological polar surface area (TPSA) is 105 Å². The number of nitrogens with two attached hydrogens (primary N) is 1. The quantitative estimate of drug-likeness (QED) is 0.360. The maximum Gasteiger partial charge on any atom is 0.153 e. The van der Waals surface area contributed by atoms with Crippen LogP contribution in [0.1, 0.15) is 49.3 Å². The lowest BCUT2D eigenvalue weighted by molar-refractivity contribution is 0.0785. The first-order chi connectivity index (χ1) is 14.8. The summed E-state index contributed by atoms with van der Waals surface area (Å²) in [6.45, 7) is 7.21. The number of amidine groups is 2. The van der Waals surface area contributed by atoms with Gasteiger partial charge in [0.15, 0.2) is 5.84 Å². The summed E-state index contributed by atoms with van der Waals surface area (Å²) in [7, 11) is 3.33. The summed E-state index contributed by atoms with van der Waals surface area (Å²) >= 11 is 0. The van der Waals surface area contributed by atoms with Gasteiger partial charge in [0.1, 0.15) is 17.3 Å². The number of aliphatic hydroxyl groups is 1. The number of nitrogens with zero attached hydrogens (tertiary/aromatic N) is 3. The minimum Gasteiger partial charge on any atom is -0.494 e. The third-order valence-corrected chi connectivity index (χ3v) is 5.71. The molecule has 1 aliphatic carbocycles. The molecular formula is C24H31N5O2. The van der Waals surface area contributed by atoms with Crippen LogP contribution in [-0.2, 0) is 5.60 Å². The predicted molar refractivity (Wildman–Crippen MR) is 127 cm³/mol. The molecule has 1 fully saturated rings. The highest BCUT2D eigenvalue weighted by molar-refractivity contribution is 6.09. The van der Waals surface area contributed by atoms with Crippen LogP contribution in [0.5, 0.6) is 5.75 Å². The molecule has 0 atom stereocenters. The highest BCUT2D eigenvalue weighted by atomic mass is 16.5. The Kier molecular flexibility index (Phi) is 6.75. The van der Waals surface area contributed by atoms with Crippen LogP contribution in [0, 0.1) is 5.92 Å². The Morgan fingerprint density at radius 1 is 1.19 bits per heavy atom. The van der Waals surface area contributed by atoms with Gasteiger partial charge in [0.05, 0.1) is 12.7 Å². The summed E-state index contributed by atoms with van der Waals surface area (Å²) in [5.41, 5.74) is 11.7. The molecular weight excluding hydrogens is 390 g/mol. The number of hydrazone groups is 1. The van der Waals surface area contributed by atoms with Crippen LogP contribution in [-0.4, -0.2) is 37.7 Å². The van der Waals surface area contributed by atoms with Crippen molar-refractivity contribution in [3.63, 3.8) is 0 Å². The molecule has 164 valence electrons. The zero-order chi connectivity index (χ0) is 22.6. The molecule has 3 rings (SSSR count). The molecule has 1 saturated carbocycles. The molecule has 0 spiro atoms. The van der Waals surface area contributed by atoms with Crippen molar-refractivity contribution in [2.75, 3.05) is 14.2 Å². The Labute approximate surface area is 183 Å². The molecule has 0 aliphatic heterocycles. The van der Waals surface area contributed by atoms with Crippen LogP contribution in [0.4, 0.5) is 5.69 Å². The van der Waals surface area contributed by atoms with Gasteiger partial charge in [0.25, 0.3) is 0 Å². The van der Waals surface area contributed by atoms with Crippen LogP contribution in [0.25, 0.3) is 0 Å². The van der Waals surface area contributed by atoms with E-state index >= 15 is 0 Å². The summed E-state index contributed by atoms with van der Waals surface area (Å²) in [6, 6.07) is 13.7. The molecule has 0 amide bonds. The number of benzene rings is 2. The van der Waals surface area contributed by atoms with Gasteiger partial charge in [-0.1, -0.05) is 30.3 Å². The van der Waals surface area contributed by atoms with Crippen molar-refractivity contribution in [3.8, 4) is 5.75 Å². The first kappa shape index (κ1) is 22.5. The van der Waals surface area contributed by atoms with Crippen LogP contribution in [0.15, 0.2) is 57.6 Å². The van der Waals surface area contributed by atoms with E-state index < -0.39 is 5.60 Å². The molecule has 0 radical (unpaired) electrons. The second kappa shape index (κ2) is 9.31. The molecule has 0 unspecified atom stereocenters. The van der Waals surface area contributed by atoms with E-state index in [1.54, 1.807) is 28.0 Å². The predicted octanol–water partition coefficient (Wildman–Crippen LogP) is 3.69. The van der Waals surface area contributed by atoms with Gasteiger partial charge in [-0.2, -0.15) is 5.10 Å². The summed E-state index contributed by atoms with van der Waals surface area (Å²) in [4.78, 5) is 8.68. The fourth-order valence-electron chi connectivity index (χ4n) is 3.83. The number of para-hydroxylation sites is 1. The van der Waals surface area contributed by atoms with E-state index in [-0.39, 0.29) is 5.92 Å². The zero-order valence-corrected chi connectivity index (χ0v) is 18.6. The molecule has 4 N–H and O–H groups in total. The highest BCUT2D eigenvalue weighted by Crippen LogP contribution is 2.43. The molecule has 7 heteroatoms. The Bertz CT molecular complexity index is 984. The van der Waals surface area contributed by atoms with Gasteiger partial charge >= 0.3 is 0 Å². The third-order valence-electron chi connectivity index (χ3n) is 5.71. The lowest BCUT2D eigenvalue weighted by atomic mass is 9.70. The van der Waals surface area contributed by atoms with Crippen molar-refractivity contribution in [3.05, 3.63) is 59.2 Å². The monoisotopic (exact) mass is 421 g/mol. The van der Waals surface area contributed by atoms with Gasteiger partial charge in [0.2, 0.25) is 0 Å². The number of rotatable bonds is 7. The third kappa shape index (κ3) is 4.94. The minimum absolute atomic E-state index is 0.204. The molecule has 2 aromatic rings. The van der Waals surface area contributed by atoms with Gasteiger partial charge in [0, 0.05) is 18.5 Å². The number of aliphatic imine (C=N–C) groups is 2. The first-order valence-corrected chi connectivity index (χ1v) is 10.3. The largest absolute Gasteiger partial charge is 0.494 e. The molecule has 31 heavy (non-hydrogen) atoms. The smallest absolute Gasteiger partial charge is 0.153 e. The van der Waals surface area contributed by atoms with E-state index in [9.17, 15) is 5.11 Å². The first-order valence-electron chi connectivity index (χ1n) is 10.3. The Balaban J connectivity index is 1.76. The van der Waals surface area contributed by atoms with Crippen LogP contribution in [0.2, 0.25) is 0 Å². The van der Waals surface area contributed by atoms with Crippen molar-refractivity contribution in [1.29, 1.82) is 0 Å². The van der Waals surface area contributed by atoms with Crippen LogP contribution in [0.3, 0.4) is 0 Å². The Hall–Kier alpha value is -3.19. The lowest BCUT2D eigenvalue weighted by Crippen LogP contribution is -2.31. The summed E-state index contributed by atoms with van der Waals surface area (Å²) in [6.07, 6.45) is 1.87. The SMILES string of the molecule is C=Nc1c(OC)cccc1C(N)=N/C(=N\NC)C1CC(c2ccc(C(C)(C)O)cc2)C1. The zero-order valence-electron chi connectivity index (χ0n) is 18.6. The maximum atomic E-state index is 10.1. The van der Waals surface area contributed by atoms with E-state index in [1.807, 2.05) is 30.3 Å². The van der Waals surface area contributed by atoms with Crippen molar-refractivity contribution in [1.82, 2.24) is 5.43 Å². The van der Waals surface area contributed by atoms with Crippen LogP contribution < -0.4 is 15.9 Å². The van der Waals surface area contributed by atoms with Crippen LogP contribution >= 0.6 is 0 Å². The fourth-order valence-corrected chi connectivity index (χ4v) is 3.83. The average Bonchev–Trinajstić information content (AvgIpc) is 2.71. The molecule has 0 bridgehead atoms. The van der Waals surface area contributed by atoms with Crippen molar-refractivity contribution >= 4 is 24.1 Å². The Morgan fingerprint density at radius 3 is 2.42 bits per heavy atom. The molecule has 2 aromatic carbocycles. The lowest BCUT2D eigenvalue weighted by Gasteiger charge is -2.35. The molecule has 0 heterocycles.